The average Bonchev–Trinajstić information content (AvgIpc) is 3.36. The van der Waals surface area contributed by atoms with E-state index >= 15 is 0 Å². The van der Waals surface area contributed by atoms with Gasteiger partial charge in [-0.2, -0.15) is 0 Å². The summed E-state index contributed by atoms with van der Waals surface area (Å²) in [4.78, 5) is 28.9. The van der Waals surface area contributed by atoms with Crippen molar-refractivity contribution in [2.24, 2.45) is 0 Å². The summed E-state index contributed by atoms with van der Waals surface area (Å²) in [6.07, 6.45) is 3.96. The fraction of sp³-hybridized carbons (Fsp3) is 0.308. The maximum absolute atomic E-state index is 13.0. The van der Waals surface area contributed by atoms with Crippen LogP contribution in [0.5, 0.6) is 0 Å². The van der Waals surface area contributed by atoms with Crippen molar-refractivity contribution in [1.82, 2.24) is 14.4 Å². The second kappa shape index (κ2) is 9.92. The number of piperazine rings is 1. The summed E-state index contributed by atoms with van der Waals surface area (Å²) in [6, 6.07) is 19.6. The molecule has 2 atom stereocenters. The van der Waals surface area contributed by atoms with Gasteiger partial charge in [0, 0.05) is 55.5 Å². The number of hydrogen-bond donors (Lipinski definition) is 1. The molecule has 1 saturated heterocycles. The highest BCUT2D eigenvalue weighted by atomic mass is 16.5. The Morgan fingerprint density at radius 1 is 0.970 bits per heavy atom. The Morgan fingerprint density at radius 3 is 2.27 bits per heavy atom. The predicted octanol–water partition coefficient (Wildman–Crippen LogP) is 4.39. The molecule has 7 nitrogen and oxygen atoms in total. The minimum absolute atomic E-state index is 0.0829. The fourth-order valence-corrected chi connectivity index (χ4v) is 4.36. The van der Waals surface area contributed by atoms with Crippen LogP contribution in [0.3, 0.4) is 0 Å². The van der Waals surface area contributed by atoms with Crippen LogP contribution < -0.4 is 5.32 Å². The Bertz CT molecular complexity index is 1080. The number of aromatic nitrogens is 1. The van der Waals surface area contributed by atoms with Crippen LogP contribution in [0.1, 0.15) is 29.8 Å². The lowest BCUT2D eigenvalue weighted by Crippen LogP contribution is -2.58. The van der Waals surface area contributed by atoms with E-state index in [1.54, 1.807) is 12.1 Å². The number of rotatable bonds is 5. The zero-order chi connectivity index (χ0) is 23.4. The lowest BCUT2D eigenvalue weighted by Gasteiger charge is -2.44. The number of nitrogens with zero attached hydrogens (tertiary/aromatic N) is 3. The summed E-state index contributed by atoms with van der Waals surface area (Å²) in [5.41, 5.74) is 3.45. The number of amides is 2. The lowest BCUT2D eigenvalue weighted by molar-refractivity contribution is 0.0525. The van der Waals surface area contributed by atoms with Gasteiger partial charge in [0.15, 0.2) is 0 Å². The molecule has 0 bridgehead atoms. The number of urea groups is 1. The monoisotopic (exact) mass is 446 g/mol. The first-order valence-corrected chi connectivity index (χ1v) is 11.2. The molecule has 0 unspecified atom stereocenters. The average molecular weight is 447 g/mol. The van der Waals surface area contributed by atoms with Gasteiger partial charge in [0.05, 0.1) is 12.7 Å². The van der Waals surface area contributed by atoms with Gasteiger partial charge in [0.1, 0.15) is 0 Å². The van der Waals surface area contributed by atoms with Gasteiger partial charge >= 0.3 is 12.0 Å². The number of ether oxygens (including phenoxy) is 1. The van der Waals surface area contributed by atoms with E-state index in [0.717, 1.165) is 23.5 Å². The van der Waals surface area contributed by atoms with Crippen molar-refractivity contribution in [3.63, 3.8) is 0 Å². The van der Waals surface area contributed by atoms with Crippen molar-refractivity contribution in [3.05, 3.63) is 84.2 Å². The van der Waals surface area contributed by atoms with Gasteiger partial charge in [0.2, 0.25) is 0 Å². The van der Waals surface area contributed by atoms with Gasteiger partial charge in [-0.3, -0.25) is 4.90 Å². The van der Waals surface area contributed by atoms with E-state index < -0.39 is 0 Å². The molecule has 0 radical (unpaired) electrons. The molecular weight excluding hydrogens is 416 g/mol. The van der Waals surface area contributed by atoms with Crippen LogP contribution in [0.4, 0.5) is 10.5 Å². The summed E-state index contributed by atoms with van der Waals surface area (Å²) in [5, 5.41) is 3.05. The Morgan fingerprint density at radius 2 is 1.64 bits per heavy atom. The maximum Gasteiger partial charge on any atom is 0.337 e. The molecule has 1 N–H and O–H groups in total. The molecule has 2 heterocycles. The smallest absolute Gasteiger partial charge is 0.337 e. The van der Waals surface area contributed by atoms with Crippen LogP contribution in [-0.4, -0.2) is 58.7 Å². The molecule has 2 aromatic carbocycles. The number of methoxy groups -OCH3 is 1. The fourth-order valence-electron chi connectivity index (χ4n) is 4.36. The van der Waals surface area contributed by atoms with Crippen LogP contribution in [0.15, 0.2) is 73.1 Å². The maximum atomic E-state index is 13.0. The van der Waals surface area contributed by atoms with Crippen LogP contribution in [0, 0.1) is 0 Å². The van der Waals surface area contributed by atoms with E-state index in [1.165, 1.54) is 7.11 Å². The number of benzene rings is 2. The minimum Gasteiger partial charge on any atom is -0.465 e. The third-order valence-electron chi connectivity index (χ3n) is 6.13. The summed E-state index contributed by atoms with van der Waals surface area (Å²) >= 11 is 0. The van der Waals surface area contributed by atoms with Crippen molar-refractivity contribution in [2.45, 2.75) is 32.5 Å². The molecule has 33 heavy (non-hydrogen) atoms. The number of anilines is 1. The summed E-state index contributed by atoms with van der Waals surface area (Å²) in [6.45, 7) is 6.34. The van der Waals surface area contributed by atoms with E-state index in [2.05, 4.69) is 24.1 Å². The van der Waals surface area contributed by atoms with Crippen molar-refractivity contribution >= 4 is 17.7 Å². The predicted molar refractivity (Wildman–Crippen MR) is 129 cm³/mol. The number of nitrogens with one attached hydrogen (secondary N) is 1. The highest BCUT2D eigenvalue weighted by molar-refractivity contribution is 5.90. The normalized spacial score (nSPS) is 18.7. The van der Waals surface area contributed by atoms with Gasteiger partial charge in [-0.1, -0.05) is 18.2 Å². The molecule has 172 valence electrons. The van der Waals surface area contributed by atoms with Gasteiger partial charge in [0.25, 0.3) is 0 Å². The number of esters is 1. The molecule has 0 aliphatic carbocycles. The van der Waals surface area contributed by atoms with Crippen LogP contribution >= 0.6 is 0 Å². The molecule has 0 spiro atoms. The molecule has 1 fully saturated rings. The van der Waals surface area contributed by atoms with Crippen LogP contribution in [-0.2, 0) is 11.3 Å². The first-order valence-electron chi connectivity index (χ1n) is 11.2. The molecule has 1 aliphatic heterocycles. The second-order valence-electron chi connectivity index (χ2n) is 8.53. The number of carbonyl (C=O) groups is 2. The van der Waals surface area contributed by atoms with E-state index in [4.69, 9.17) is 4.74 Å². The Balaban J connectivity index is 1.37. The van der Waals surface area contributed by atoms with E-state index in [0.29, 0.717) is 18.7 Å². The number of hydrogen-bond acceptors (Lipinski definition) is 4. The van der Waals surface area contributed by atoms with Crippen molar-refractivity contribution in [1.29, 1.82) is 0 Å². The molecule has 1 aromatic heterocycles. The van der Waals surface area contributed by atoms with Gasteiger partial charge in [-0.25, -0.2) is 9.59 Å². The molecule has 2 amide bonds. The molecular formula is C26H30N4O3. The van der Waals surface area contributed by atoms with Crippen molar-refractivity contribution in [3.8, 4) is 5.69 Å². The van der Waals surface area contributed by atoms with Crippen molar-refractivity contribution in [2.75, 3.05) is 25.5 Å². The van der Waals surface area contributed by atoms with E-state index in [9.17, 15) is 9.59 Å². The van der Waals surface area contributed by atoms with Gasteiger partial charge in [-0.05, 0) is 61.9 Å². The molecule has 3 aromatic rings. The summed E-state index contributed by atoms with van der Waals surface area (Å²) in [5.74, 6) is -0.332. The SMILES string of the molecule is COC(=O)c1ccc(CN2[C@H](C)CN(C(=O)Nc3cccc(-n4cccc4)c3)C[C@@H]2C)cc1. The van der Waals surface area contributed by atoms with E-state index in [-0.39, 0.29) is 24.1 Å². The molecule has 0 saturated carbocycles. The zero-order valence-electron chi connectivity index (χ0n) is 19.3. The standard InChI is InChI=1S/C26H30N4O3/c1-19-16-29(26(32)27-23-7-6-8-24(15-23)28-13-4-5-14-28)17-20(2)30(19)18-21-9-11-22(12-10-21)25(31)33-3/h4-15,19-20H,16-18H2,1-3H3,(H,27,32)/t19-,20+. The van der Waals surface area contributed by atoms with Gasteiger partial charge < -0.3 is 19.5 Å². The first kappa shape index (κ1) is 22.6. The molecule has 1 aliphatic rings. The summed E-state index contributed by atoms with van der Waals surface area (Å²) in [7, 11) is 1.38. The largest absolute Gasteiger partial charge is 0.465 e. The zero-order valence-corrected chi connectivity index (χ0v) is 19.3. The molecule has 4 rings (SSSR count). The first-order chi connectivity index (χ1) is 15.9. The Kier molecular flexibility index (Phi) is 6.79. The Labute approximate surface area is 194 Å². The molecule has 7 heteroatoms. The van der Waals surface area contributed by atoms with Gasteiger partial charge in [-0.15, -0.1) is 0 Å². The quantitative estimate of drug-likeness (QED) is 0.591. The highest BCUT2D eigenvalue weighted by Crippen LogP contribution is 2.21. The van der Waals surface area contributed by atoms with Crippen LogP contribution in [0.25, 0.3) is 5.69 Å². The highest BCUT2D eigenvalue weighted by Gasteiger charge is 2.31. The van der Waals surface area contributed by atoms with Crippen molar-refractivity contribution < 1.29 is 14.3 Å². The third kappa shape index (κ3) is 5.26. The van der Waals surface area contributed by atoms with E-state index in [1.807, 2.05) is 70.4 Å². The number of carbonyl (C=O) groups excluding carboxylic acids is 2. The second-order valence-corrected chi connectivity index (χ2v) is 8.53. The topological polar surface area (TPSA) is 66.8 Å². The minimum atomic E-state index is -0.332. The Hall–Kier alpha value is -3.58. The third-order valence-corrected chi connectivity index (χ3v) is 6.13. The lowest BCUT2D eigenvalue weighted by atomic mass is 10.1. The van der Waals surface area contributed by atoms with Crippen LogP contribution in [0.2, 0.25) is 0 Å². The summed E-state index contributed by atoms with van der Waals surface area (Å²) < 4.78 is 6.78.